The van der Waals surface area contributed by atoms with Gasteiger partial charge in [-0.05, 0) is 38.5 Å². The molecule has 2 atom stereocenters. The maximum Gasteiger partial charge on any atom is 0.253 e. The van der Waals surface area contributed by atoms with E-state index in [1.54, 1.807) is 0 Å². The van der Waals surface area contributed by atoms with Gasteiger partial charge in [0.15, 0.2) is 0 Å². The predicted octanol–water partition coefficient (Wildman–Crippen LogP) is 1.71. The van der Waals surface area contributed by atoms with E-state index in [0.29, 0.717) is 6.61 Å². The summed E-state index contributed by atoms with van der Waals surface area (Å²) < 4.78 is 18.6. The van der Waals surface area contributed by atoms with E-state index in [0.717, 1.165) is 12.5 Å². The summed E-state index contributed by atoms with van der Waals surface area (Å²) in [6, 6.07) is 3.77. The number of hydrogen-bond donors (Lipinski definition) is 2. The van der Waals surface area contributed by atoms with Crippen LogP contribution in [0.15, 0.2) is 18.2 Å². The second kappa shape index (κ2) is 4.57. The Morgan fingerprint density at radius 2 is 2.33 bits per heavy atom. The average molecular weight is 252 g/mol. The third kappa shape index (κ3) is 2.31. The zero-order chi connectivity index (χ0) is 13.3. The number of carbonyl (C=O) groups excluding carboxylic acids is 1. The van der Waals surface area contributed by atoms with Gasteiger partial charge in [-0.25, -0.2) is 4.39 Å². The van der Waals surface area contributed by atoms with Crippen molar-refractivity contribution < 1.29 is 13.9 Å². The fourth-order valence-electron chi connectivity index (χ4n) is 2.05. The molecule has 2 rings (SSSR count). The zero-order valence-electron chi connectivity index (χ0n) is 10.5. The van der Waals surface area contributed by atoms with Gasteiger partial charge < -0.3 is 15.8 Å². The normalized spacial score (nSPS) is 27.2. The number of rotatable bonds is 2. The van der Waals surface area contributed by atoms with Gasteiger partial charge >= 0.3 is 0 Å². The summed E-state index contributed by atoms with van der Waals surface area (Å²) in [5.41, 5.74) is 5.68. The highest BCUT2D eigenvalue weighted by atomic mass is 19.1. The summed E-state index contributed by atoms with van der Waals surface area (Å²) in [7, 11) is 0. The molecule has 0 aliphatic carbocycles. The number of nitrogens with two attached hydrogens (primary N) is 1. The highest BCUT2D eigenvalue weighted by Crippen LogP contribution is 2.26. The van der Waals surface area contributed by atoms with Crippen molar-refractivity contribution in [1.82, 2.24) is 5.32 Å². The lowest BCUT2D eigenvalue weighted by Gasteiger charge is -2.29. The number of nitrogens with one attached hydrogen (secondary N) is 1. The molecule has 0 radical (unpaired) electrons. The second-order valence-electron chi connectivity index (χ2n) is 4.87. The van der Waals surface area contributed by atoms with Crippen molar-refractivity contribution in [3.63, 3.8) is 0 Å². The van der Waals surface area contributed by atoms with Crippen LogP contribution in [0.25, 0.3) is 0 Å². The van der Waals surface area contributed by atoms with E-state index in [4.69, 9.17) is 10.5 Å². The molecule has 1 heterocycles. The van der Waals surface area contributed by atoms with E-state index in [1.807, 2.05) is 13.8 Å². The van der Waals surface area contributed by atoms with Crippen LogP contribution in [0.1, 0.15) is 30.6 Å². The highest BCUT2D eigenvalue weighted by molar-refractivity contribution is 5.99. The SMILES string of the molecule is CC1OCCC1(C)NC(=O)c1cc(F)ccc1N. The molecular weight excluding hydrogens is 235 g/mol. The number of hydrogen-bond acceptors (Lipinski definition) is 3. The minimum Gasteiger partial charge on any atom is -0.398 e. The van der Waals surface area contributed by atoms with Crippen LogP contribution in [-0.2, 0) is 4.74 Å². The third-order valence-electron chi connectivity index (χ3n) is 3.55. The molecule has 18 heavy (non-hydrogen) atoms. The van der Waals surface area contributed by atoms with E-state index < -0.39 is 11.4 Å². The van der Waals surface area contributed by atoms with Crippen molar-refractivity contribution in [2.24, 2.45) is 0 Å². The summed E-state index contributed by atoms with van der Waals surface area (Å²) in [5.74, 6) is -0.845. The zero-order valence-corrected chi connectivity index (χ0v) is 10.5. The molecule has 0 saturated carbocycles. The molecule has 2 unspecified atom stereocenters. The number of benzene rings is 1. The van der Waals surface area contributed by atoms with Crippen molar-refractivity contribution in [3.05, 3.63) is 29.6 Å². The lowest BCUT2D eigenvalue weighted by Crippen LogP contribution is -2.50. The van der Waals surface area contributed by atoms with Crippen LogP contribution in [0.3, 0.4) is 0 Å². The Kier molecular flexibility index (Phi) is 3.26. The van der Waals surface area contributed by atoms with Crippen LogP contribution in [0, 0.1) is 5.82 Å². The maximum atomic E-state index is 13.1. The monoisotopic (exact) mass is 252 g/mol. The molecule has 1 aromatic rings. The Bertz CT molecular complexity index is 478. The van der Waals surface area contributed by atoms with Gasteiger partial charge in [-0.2, -0.15) is 0 Å². The highest BCUT2D eigenvalue weighted by Gasteiger charge is 2.38. The van der Waals surface area contributed by atoms with Crippen LogP contribution in [-0.4, -0.2) is 24.2 Å². The summed E-state index contributed by atoms with van der Waals surface area (Å²) >= 11 is 0. The van der Waals surface area contributed by atoms with Crippen LogP contribution >= 0.6 is 0 Å². The van der Waals surface area contributed by atoms with Gasteiger partial charge in [0, 0.05) is 12.3 Å². The first kappa shape index (κ1) is 12.8. The predicted molar refractivity (Wildman–Crippen MR) is 66.7 cm³/mol. The Balaban J connectivity index is 2.19. The number of ether oxygens (including phenoxy) is 1. The lowest BCUT2D eigenvalue weighted by molar-refractivity contribution is 0.0728. The number of nitrogen functional groups attached to an aromatic ring is 1. The van der Waals surface area contributed by atoms with Crippen LogP contribution in [0.2, 0.25) is 0 Å². The first-order chi connectivity index (χ1) is 8.42. The van der Waals surface area contributed by atoms with Gasteiger partial charge in [-0.3, -0.25) is 4.79 Å². The van der Waals surface area contributed by atoms with E-state index in [-0.39, 0.29) is 23.3 Å². The van der Waals surface area contributed by atoms with Gasteiger partial charge in [0.05, 0.1) is 17.2 Å². The molecule has 4 nitrogen and oxygen atoms in total. The minimum absolute atomic E-state index is 0.0729. The van der Waals surface area contributed by atoms with Crippen molar-refractivity contribution in [1.29, 1.82) is 0 Å². The van der Waals surface area contributed by atoms with Crippen molar-refractivity contribution in [2.75, 3.05) is 12.3 Å². The molecule has 1 amide bonds. The van der Waals surface area contributed by atoms with E-state index in [9.17, 15) is 9.18 Å². The molecule has 0 bridgehead atoms. The maximum absolute atomic E-state index is 13.1. The van der Waals surface area contributed by atoms with E-state index >= 15 is 0 Å². The summed E-state index contributed by atoms with van der Waals surface area (Å²) in [6.07, 6.45) is 0.658. The molecule has 1 saturated heterocycles. The first-order valence-corrected chi connectivity index (χ1v) is 5.91. The van der Waals surface area contributed by atoms with Crippen molar-refractivity contribution in [2.45, 2.75) is 31.9 Å². The molecule has 0 spiro atoms. The topological polar surface area (TPSA) is 64.3 Å². The van der Waals surface area contributed by atoms with Gasteiger partial charge in [-0.15, -0.1) is 0 Å². The molecular formula is C13H17FN2O2. The smallest absolute Gasteiger partial charge is 0.253 e. The minimum atomic E-state index is -0.477. The number of carbonyl (C=O) groups is 1. The van der Waals surface area contributed by atoms with Crippen LogP contribution < -0.4 is 11.1 Å². The molecule has 5 heteroatoms. The van der Waals surface area contributed by atoms with E-state index in [1.165, 1.54) is 12.1 Å². The van der Waals surface area contributed by atoms with Gasteiger partial charge in [-0.1, -0.05) is 0 Å². The van der Waals surface area contributed by atoms with Gasteiger partial charge in [0.25, 0.3) is 5.91 Å². The molecule has 0 aromatic heterocycles. The average Bonchev–Trinajstić information content (AvgIpc) is 2.62. The number of anilines is 1. The fraction of sp³-hybridized carbons (Fsp3) is 0.462. The Labute approximate surface area is 105 Å². The second-order valence-corrected chi connectivity index (χ2v) is 4.87. The Morgan fingerprint density at radius 1 is 1.61 bits per heavy atom. The van der Waals surface area contributed by atoms with Crippen molar-refractivity contribution in [3.8, 4) is 0 Å². The summed E-state index contributed by atoms with van der Waals surface area (Å²) in [4.78, 5) is 12.1. The molecule has 98 valence electrons. The number of amides is 1. The number of halogens is 1. The van der Waals surface area contributed by atoms with Crippen LogP contribution in [0.4, 0.5) is 10.1 Å². The molecule has 1 aliphatic heterocycles. The lowest BCUT2D eigenvalue weighted by atomic mass is 9.94. The van der Waals surface area contributed by atoms with Crippen molar-refractivity contribution >= 4 is 11.6 Å². The first-order valence-electron chi connectivity index (χ1n) is 5.91. The third-order valence-corrected chi connectivity index (χ3v) is 3.55. The molecule has 1 aromatic carbocycles. The fourth-order valence-corrected chi connectivity index (χ4v) is 2.05. The van der Waals surface area contributed by atoms with Gasteiger partial charge in [0.1, 0.15) is 5.82 Å². The van der Waals surface area contributed by atoms with E-state index in [2.05, 4.69) is 5.32 Å². The summed E-state index contributed by atoms with van der Waals surface area (Å²) in [6.45, 7) is 4.43. The molecule has 3 N–H and O–H groups in total. The van der Waals surface area contributed by atoms with Crippen LogP contribution in [0.5, 0.6) is 0 Å². The van der Waals surface area contributed by atoms with Gasteiger partial charge in [0.2, 0.25) is 0 Å². The standard InChI is InChI=1S/C13H17FN2O2/c1-8-13(2,5-6-18-8)16-12(17)10-7-9(14)3-4-11(10)15/h3-4,7-8H,5-6,15H2,1-2H3,(H,16,17). The largest absolute Gasteiger partial charge is 0.398 e. The summed E-state index contributed by atoms with van der Waals surface area (Å²) in [5, 5.41) is 2.88. The Hall–Kier alpha value is -1.62. The Morgan fingerprint density at radius 3 is 2.94 bits per heavy atom. The quantitative estimate of drug-likeness (QED) is 0.787. The molecule has 1 fully saturated rings. The molecule has 1 aliphatic rings.